The fourth-order valence-electron chi connectivity index (χ4n) is 0.514. The van der Waals surface area contributed by atoms with Crippen molar-refractivity contribution in [1.82, 2.24) is 0 Å². The van der Waals surface area contributed by atoms with Crippen LogP contribution in [0.5, 0.6) is 0 Å². The van der Waals surface area contributed by atoms with Gasteiger partial charge in [-0.2, -0.15) is 0 Å². The van der Waals surface area contributed by atoms with Crippen LogP contribution in [0, 0.1) is 0 Å². The number of halogens is 1. The average Bonchev–Trinajstić information content (AvgIpc) is 1.65. The number of rotatable bonds is 3. The van der Waals surface area contributed by atoms with E-state index in [0.717, 1.165) is 6.42 Å². The Hall–Kier alpha value is -0.0800. The summed E-state index contributed by atoms with van der Waals surface area (Å²) < 4.78 is 0. The van der Waals surface area contributed by atoms with Crippen LogP contribution in [0.2, 0.25) is 0 Å². The summed E-state index contributed by atoms with van der Waals surface area (Å²) in [5, 5.41) is 0. The molecule has 9 heavy (non-hydrogen) atoms. The predicted molar refractivity (Wildman–Crippen MR) is 40.8 cm³/mol. The summed E-state index contributed by atoms with van der Waals surface area (Å²) in [5.74, 6) is 0.180. The molecule has 0 rings (SSSR count). The lowest BCUT2D eigenvalue weighted by atomic mass is 10.1. The quantitative estimate of drug-likeness (QED) is 0.657. The Bertz CT molecular complexity index is 85.1. The molecule has 2 N–H and O–H groups in total. The maximum absolute atomic E-state index is 10.3. The normalized spacial score (nSPS) is 11.9. The van der Waals surface area contributed by atoms with Gasteiger partial charge in [0.25, 0.3) is 0 Å². The van der Waals surface area contributed by atoms with Crippen molar-refractivity contribution in [3.05, 3.63) is 0 Å². The van der Waals surface area contributed by atoms with Gasteiger partial charge in [0, 0.05) is 12.5 Å². The van der Waals surface area contributed by atoms with Gasteiger partial charge >= 0.3 is 0 Å². The van der Waals surface area contributed by atoms with E-state index >= 15 is 0 Å². The number of hydrogen-bond donors (Lipinski definition) is 1. The third-order valence-electron chi connectivity index (χ3n) is 1.07. The summed E-state index contributed by atoms with van der Waals surface area (Å²) in [6.45, 7) is 3.54. The van der Waals surface area contributed by atoms with Crippen molar-refractivity contribution in [2.45, 2.75) is 32.7 Å². The van der Waals surface area contributed by atoms with E-state index in [4.69, 9.17) is 5.73 Å². The monoisotopic (exact) mass is 151 g/mol. The van der Waals surface area contributed by atoms with E-state index in [1.807, 2.05) is 6.92 Å². The van der Waals surface area contributed by atoms with Gasteiger partial charge in [-0.05, 0) is 13.3 Å². The largest absolute Gasteiger partial charge is 0.327 e. The first-order valence-electron chi connectivity index (χ1n) is 2.91. The lowest BCUT2D eigenvalue weighted by molar-refractivity contribution is -0.117. The second-order valence-electron chi connectivity index (χ2n) is 2.07. The van der Waals surface area contributed by atoms with E-state index in [1.165, 1.54) is 0 Å². The molecule has 0 amide bonds. The second-order valence-corrected chi connectivity index (χ2v) is 2.07. The van der Waals surface area contributed by atoms with Crippen LogP contribution in [-0.4, -0.2) is 11.8 Å². The molecule has 0 saturated carbocycles. The van der Waals surface area contributed by atoms with E-state index in [0.29, 0.717) is 6.42 Å². The van der Waals surface area contributed by atoms with E-state index in [9.17, 15) is 4.79 Å². The number of hydrogen-bond acceptors (Lipinski definition) is 2. The smallest absolute Gasteiger partial charge is 0.131 e. The molecule has 0 heterocycles. The zero-order valence-electron chi connectivity index (χ0n) is 5.89. The van der Waals surface area contributed by atoms with Gasteiger partial charge in [0.2, 0.25) is 0 Å². The molecule has 0 aliphatic carbocycles. The van der Waals surface area contributed by atoms with Crippen molar-refractivity contribution < 1.29 is 4.79 Å². The Balaban J connectivity index is 0. The number of nitrogens with two attached hydrogens (primary N) is 1. The molecule has 0 spiro atoms. The number of carbonyl (C=O) groups is 1. The molecule has 56 valence electrons. The maximum atomic E-state index is 10.3. The van der Waals surface area contributed by atoms with Gasteiger partial charge in [-0.3, -0.25) is 4.79 Å². The highest BCUT2D eigenvalue weighted by atomic mass is 35.5. The Labute approximate surface area is 62.2 Å². The van der Waals surface area contributed by atoms with Gasteiger partial charge in [-0.1, -0.05) is 6.92 Å². The van der Waals surface area contributed by atoms with Crippen molar-refractivity contribution in [3.8, 4) is 0 Å². The van der Waals surface area contributed by atoms with E-state index in [1.54, 1.807) is 6.92 Å². The molecule has 2 nitrogen and oxygen atoms in total. The summed E-state index contributed by atoms with van der Waals surface area (Å²) in [6.07, 6.45) is 1.41. The standard InChI is InChI=1S/C6H13NO.ClH/c1-3-6(7)4-5(2)8;/h6H,3-4,7H2,1-2H3;1H. The first-order chi connectivity index (χ1) is 3.66. The van der Waals surface area contributed by atoms with Gasteiger partial charge in [-0.25, -0.2) is 0 Å². The van der Waals surface area contributed by atoms with Crippen molar-refractivity contribution in [1.29, 1.82) is 0 Å². The first-order valence-corrected chi connectivity index (χ1v) is 2.91. The topological polar surface area (TPSA) is 43.1 Å². The summed E-state index contributed by atoms with van der Waals surface area (Å²) in [5.41, 5.74) is 5.45. The highest BCUT2D eigenvalue weighted by molar-refractivity contribution is 5.85. The van der Waals surface area contributed by atoms with Crippen LogP contribution in [0.15, 0.2) is 0 Å². The number of carbonyl (C=O) groups excluding carboxylic acids is 1. The Kier molecular flexibility index (Phi) is 7.85. The summed E-state index contributed by atoms with van der Waals surface area (Å²) >= 11 is 0. The van der Waals surface area contributed by atoms with Crippen molar-refractivity contribution in [2.24, 2.45) is 5.73 Å². The summed E-state index contributed by atoms with van der Waals surface area (Å²) in [6, 6.07) is 0.0764. The van der Waals surface area contributed by atoms with Crippen LogP contribution in [0.3, 0.4) is 0 Å². The van der Waals surface area contributed by atoms with Crippen molar-refractivity contribution in [2.75, 3.05) is 0 Å². The summed E-state index contributed by atoms with van der Waals surface area (Å²) in [7, 11) is 0. The highest BCUT2D eigenvalue weighted by Gasteiger charge is 2.00. The van der Waals surface area contributed by atoms with Gasteiger partial charge in [0.15, 0.2) is 0 Å². The van der Waals surface area contributed by atoms with Crippen LogP contribution in [0.25, 0.3) is 0 Å². The summed E-state index contributed by atoms with van der Waals surface area (Å²) in [4.78, 5) is 10.3. The zero-order chi connectivity index (χ0) is 6.57. The molecule has 1 atom stereocenters. The van der Waals surface area contributed by atoms with Gasteiger partial charge in [0.05, 0.1) is 0 Å². The first kappa shape index (κ1) is 11.7. The number of Topliss-reactive ketones (excluding diaryl/α,β-unsaturated/α-hetero) is 1. The fraction of sp³-hybridized carbons (Fsp3) is 0.833. The maximum Gasteiger partial charge on any atom is 0.131 e. The van der Waals surface area contributed by atoms with Crippen LogP contribution in [0.1, 0.15) is 26.7 Å². The SMILES string of the molecule is CCC(N)CC(C)=O.Cl. The molecular formula is C6H14ClNO. The Morgan fingerprint density at radius 1 is 1.67 bits per heavy atom. The lowest BCUT2D eigenvalue weighted by Gasteiger charge is -2.02. The van der Waals surface area contributed by atoms with Crippen LogP contribution < -0.4 is 5.73 Å². The zero-order valence-corrected chi connectivity index (χ0v) is 6.70. The lowest BCUT2D eigenvalue weighted by Crippen LogP contribution is -2.21. The molecule has 0 saturated heterocycles. The van der Waals surface area contributed by atoms with E-state index in [2.05, 4.69) is 0 Å². The molecule has 0 radical (unpaired) electrons. The van der Waals surface area contributed by atoms with Crippen molar-refractivity contribution in [3.63, 3.8) is 0 Å². The molecular weight excluding hydrogens is 138 g/mol. The minimum atomic E-state index is 0. The van der Waals surface area contributed by atoms with E-state index < -0.39 is 0 Å². The predicted octanol–water partition coefficient (Wildman–Crippen LogP) is 1.12. The average molecular weight is 152 g/mol. The van der Waals surface area contributed by atoms with Crippen molar-refractivity contribution >= 4 is 18.2 Å². The van der Waals surface area contributed by atoms with Gasteiger partial charge in [0.1, 0.15) is 5.78 Å². The Morgan fingerprint density at radius 2 is 2.11 bits per heavy atom. The molecule has 0 aliphatic rings. The molecule has 0 bridgehead atoms. The van der Waals surface area contributed by atoms with Gasteiger partial charge in [-0.15, -0.1) is 12.4 Å². The Morgan fingerprint density at radius 3 is 2.22 bits per heavy atom. The highest BCUT2D eigenvalue weighted by Crippen LogP contribution is 1.92. The second kappa shape index (κ2) is 6.05. The number of ketones is 1. The minimum absolute atomic E-state index is 0. The molecule has 3 heteroatoms. The molecule has 0 fully saturated rings. The van der Waals surface area contributed by atoms with Crippen LogP contribution in [-0.2, 0) is 4.79 Å². The van der Waals surface area contributed by atoms with E-state index in [-0.39, 0.29) is 24.2 Å². The van der Waals surface area contributed by atoms with Gasteiger partial charge < -0.3 is 5.73 Å². The van der Waals surface area contributed by atoms with Crippen LogP contribution >= 0.6 is 12.4 Å². The van der Waals surface area contributed by atoms with Crippen LogP contribution in [0.4, 0.5) is 0 Å². The molecule has 0 aliphatic heterocycles. The third kappa shape index (κ3) is 7.92. The minimum Gasteiger partial charge on any atom is -0.327 e. The molecule has 0 aromatic heterocycles. The third-order valence-corrected chi connectivity index (χ3v) is 1.07. The molecule has 0 aromatic rings. The molecule has 0 aromatic carbocycles. The molecule has 1 unspecified atom stereocenters. The fourth-order valence-corrected chi connectivity index (χ4v) is 0.514.